The van der Waals surface area contributed by atoms with Gasteiger partial charge in [-0.15, -0.1) is 11.8 Å². The first-order chi connectivity index (χ1) is 9.51. The van der Waals surface area contributed by atoms with E-state index in [0.717, 1.165) is 18.0 Å². The number of nitrogens with one attached hydrogen (secondary N) is 1. The lowest BCUT2D eigenvalue weighted by atomic mass is 9.96. The van der Waals surface area contributed by atoms with Crippen LogP contribution in [0.5, 0.6) is 0 Å². The summed E-state index contributed by atoms with van der Waals surface area (Å²) in [7, 11) is 1.44. The SMILES string of the molecule is CCCNC(C)(CC(C)Sc1ccccn1)C(=O)OC. The maximum atomic E-state index is 12.0. The summed E-state index contributed by atoms with van der Waals surface area (Å²) >= 11 is 1.67. The van der Waals surface area contributed by atoms with Gasteiger partial charge >= 0.3 is 5.97 Å². The molecule has 0 fully saturated rings. The Morgan fingerprint density at radius 1 is 1.55 bits per heavy atom. The van der Waals surface area contributed by atoms with Crippen LogP contribution in [0.4, 0.5) is 0 Å². The molecular formula is C15H24N2O2S. The summed E-state index contributed by atoms with van der Waals surface area (Å²) in [5, 5.41) is 4.54. The zero-order chi connectivity index (χ0) is 15.0. The van der Waals surface area contributed by atoms with Gasteiger partial charge in [0, 0.05) is 11.4 Å². The van der Waals surface area contributed by atoms with Crippen molar-refractivity contribution in [2.75, 3.05) is 13.7 Å². The highest BCUT2D eigenvalue weighted by atomic mass is 32.2. The predicted octanol–water partition coefficient (Wildman–Crippen LogP) is 2.88. The number of carbonyl (C=O) groups is 1. The molecule has 5 heteroatoms. The molecule has 0 amide bonds. The summed E-state index contributed by atoms with van der Waals surface area (Å²) in [6.07, 6.45) is 3.46. The molecule has 0 aliphatic heterocycles. The number of thioether (sulfide) groups is 1. The molecule has 1 N–H and O–H groups in total. The zero-order valence-electron chi connectivity index (χ0n) is 12.7. The van der Waals surface area contributed by atoms with Crippen molar-refractivity contribution in [3.8, 4) is 0 Å². The highest BCUT2D eigenvalue weighted by molar-refractivity contribution is 7.99. The van der Waals surface area contributed by atoms with Crippen LogP contribution >= 0.6 is 11.8 Å². The van der Waals surface area contributed by atoms with Crippen molar-refractivity contribution in [2.45, 2.75) is 49.4 Å². The molecule has 2 atom stereocenters. The molecule has 4 nitrogen and oxygen atoms in total. The maximum Gasteiger partial charge on any atom is 0.325 e. The third-order valence-electron chi connectivity index (χ3n) is 3.06. The summed E-state index contributed by atoms with van der Waals surface area (Å²) in [5.41, 5.74) is -0.647. The molecule has 0 aromatic carbocycles. The molecule has 1 rings (SSSR count). The zero-order valence-corrected chi connectivity index (χ0v) is 13.5. The van der Waals surface area contributed by atoms with Gasteiger partial charge in [0.1, 0.15) is 5.54 Å². The smallest absolute Gasteiger partial charge is 0.325 e. The van der Waals surface area contributed by atoms with Crippen molar-refractivity contribution in [3.05, 3.63) is 24.4 Å². The van der Waals surface area contributed by atoms with Gasteiger partial charge in [0.05, 0.1) is 12.1 Å². The Labute approximate surface area is 125 Å². The van der Waals surface area contributed by atoms with Crippen molar-refractivity contribution in [1.29, 1.82) is 0 Å². The average molecular weight is 296 g/mol. The number of hydrogen-bond acceptors (Lipinski definition) is 5. The van der Waals surface area contributed by atoms with Gasteiger partial charge < -0.3 is 10.1 Å². The summed E-state index contributed by atoms with van der Waals surface area (Å²) < 4.78 is 4.94. The van der Waals surface area contributed by atoms with Gasteiger partial charge in [0.2, 0.25) is 0 Å². The molecule has 112 valence electrons. The van der Waals surface area contributed by atoms with Gasteiger partial charge in [-0.25, -0.2) is 4.98 Å². The molecule has 0 saturated carbocycles. The molecule has 1 aromatic rings. The second kappa shape index (κ2) is 8.27. The van der Waals surface area contributed by atoms with Crippen LogP contribution in [-0.2, 0) is 9.53 Å². The normalized spacial score (nSPS) is 15.4. The summed E-state index contributed by atoms with van der Waals surface area (Å²) in [4.78, 5) is 16.3. The van der Waals surface area contributed by atoms with Gasteiger partial charge in [-0.3, -0.25) is 4.79 Å². The van der Waals surface area contributed by atoms with Crippen LogP contribution < -0.4 is 5.32 Å². The lowest BCUT2D eigenvalue weighted by molar-refractivity contribution is -0.148. The number of carbonyl (C=O) groups excluding carboxylic acids is 1. The third-order valence-corrected chi connectivity index (χ3v) is 4.11. The van der Waals surface area contributed by atoms with Crippen LogP contribution in [0.2, 0.25) is 0 Å². The van der Waals surface area contributed by atoms with E-state index < -0.39 is 5.54 Å². The number of nitrogens with zero attached hydrogens (tertiary/aromatic N) is 1. The van der Waals surface area contributed by atoms with Crippen molar-refractivity contribution < 1.29 is 9.53 Å². The molecule has 1 heterocycles. The van der Waals surface area contributed by atoms with Crippen LogP contribution in [-0.4, -0.2) is 35.4 Å². The topological polar surface area (TPSA) is 51.2 Å². The molecule has 2 unspecified atom stereocenters. The van der Waals surface area contributed by atoms with Crippen molar-refractivity contribution >= 4 is 17.7 Å². The molecule has 0 aliphatic carbocycles. The molecule has 1 aromatic heterocycles. The first-order valence-electron chi connectivity index (χ1n) is 6.93. The Hall–Kier alpha value is -1.07. The minimum atomic E-state index is -0.647. The standard InChI is InChI=1S/C15H24N2O2S/c1-5-9-17-15(3,14(18)19-4)11-12(2)20-13-8-6-7-10-16-13/h6-8,10,12,17H,5,9,11H2,1-4H3. The third kappa shape index (κ3) is 5.13. The maximum absolute atomic E-state index is 12.0. The lowest BCUT2D eigenvalue weighted by Gasteiger charge is -2.30. The van der Waals surface area contributed by atoms with Crippen LogP contribution in [0.1, 0.15) is 33.6 Å². The number of esters is 1. The largest absolute Gasteiger partial charge is 0.468 e. The highest BCUT2D eigenvalue weighted by Gasteiger charge is 2.35. The van der Waals surface area contributed by atoms with E-state index in [9.17, 15) is 4.79 Å². The van der Waals surface area contributed by atoms with E-state index >= 15 is 0 Å². The van der Waals surface area contributed by atoms with Crippen molar-refractivity contribution in [3.63, 3.8) is 0 Å². The molecular weight excluding hydrogens is 272 g/mol. The second-order valence-electron chi connectivity index (χ2n) is 5.05. The van der Waals surface area contributed by atoms with Crippen molar-refractivity contribution in [1.82, 2.24) is 10.3 Å². The minimum absolute atomic E-state index is 0.209. The Balaban J connectivity index is 2.66. The van der Waals surface area contributed by atoms with E-state index in [0.29, 0.717) is 6.42 Å². The first kappa shape index (κ1) is 17.0. The molecule has 0 saturated heterocycles. The number of aromatic nitrogens is 1. The van der Waals surface area contributed by atoms with Gasteiger partial charge in [0.25, 0.3) is 0 Å². The number of hydrogen-bond donors (Lipinski definition) is 1. The molecule has 0 aliphatic rings. The Morgan fingerprint density at radius 3 is 2.85 bits per heavy atom. The quantitative estimate of drug-likeness (QED) is 0.590. The van der Waals surface area contributed by atoms with Gasteiger partial charge in [-0.05, 0) is 38.4 Å². The minimum Gasteiger partial charge on any atom is -0.468 e. The lowest BCUT2D eigenvalue weighted by Crippen LogP contribution is -2.51. The fourth-order valence-electron chi connectivity index (χ4n) is 2.09. The Kier molecular flexibility index (Phi) is 7.02. The average Bonchev–Trinajstić information content (AvgIpc) is 2.45. The van der Waals surface area contributed by atoms with E-state index in [4.69, 9.17) is 4.74 Å². The van der Waals surface area contributed by atoms with Crippen LogP contribution in [0.15, 0.2) is 29.4 Å². The van der Waals surface area contributed by atoms with E-state index in [1.807, 2.05) is 25.1 Å². The number of ether oxygens (including phenoxy) is 1. The van der Waals surface area contributed by atoms with Crippen LogP contribution in [0, 0.1) is 0 Å². The van der Waals surface area contributed by atoms with E-state index in [1.165, 1.54) is 7.11 Å². The summed E-state index contributed by atoms with van der Waals surface area (Å²) in [6, 6.07) is 5.85. The van der Waals surface area contributed by atoms with Crippen LogP contribution in [0.25, 0.3) is 0 Å². The Morgan fingerprint density at radius 2 is 2.30 bits per heavy atom. The highest BCUT2D eigenvalue weighted by Crippen LogP contribution is 2.27. The molecule has 0 bridgehead atoms. The monoisotopic (exact) mass is 296 g/mol. The fourth-order valence-corrected chi connectivity index (χ4v) is 3.20. The summed E-state index contributed by atoms with van der Waals surface area (Å²) in [5.74, 6) is -0.209. The van der Waals surface area contributed by atoms with E-state index in [-0.39, 0.29) is 11.2 Å². The number of pyridine rings is 1. The summed E-state index contributed by atoms with van der Waals surface area (Å²) in [6.45, 7) is 6.89. The molecule has 20 heavy (non-hydrogen) atoms. The Bertz CT molecular complexity index is 414. The number of methoxy groups -OCH3 is 1. The van der Waals surface area contributed by atoms with Crippen LogP contribution in [0.3, 0.4) is 0 Å². The van der Waals surface area contributed by atoms with Gasteiger partial charge in [-0.1, -0.05) is 19.9 Å². The second-order valence-corrected chi connectivity index (χ2v) is 6.51. The number of rotatable bonds is 8. The van der Waals surface area contributed by atoms with E-state index in [2.05, 4.69) is 24.1 Å². The van der Waals surface area contributed by atoms with Gasteiger partial charge in [-0.2, -0.15) is 0 Å². The predicted molar refractivity (Wildman–Crippen MR) is 82.9 cm³/mol. The fraction of sp³-hybridized carbons (Fsp3) is 0.600. The molecule has 0 spiro atoms. The first-order valence-corrected chi connectivity index (χ1v) is 7.81. The van der Waals surface area contributed by atoms with Crippen molar-refractivity contribution in [2.24, 2.45) is 0 Å². The van der Waals surface area contributed by atoms with E-state index in [1.54, 1.807) is 18.0 Å². The van der Waals surface area contributed by atoms with Gasteiger partial charge in [0.15, 0.2) is 0 Å². The molecule has 0 radical (unpaired) electrons.